The molecule has 1 amide bonds. The fourth-order valence-corrected chi connectivity index (χ4v) is 6.58. The van der Waals surface area contributed by atoms with E-state index in [1.807, 2.05) is 30.8 Å². The monoisotopic (exact) mass is 410 g/mol. The molecule has 1 aliphatic carbocycles. The lowest BCUT2D eigenvalue weighted by Crippen LogP contribution is -2.45. The number of sulfonamides is 1. The number of carbonyl (C=O) groups excluding carboxylic acids is 1. The van der Waals surface area contributed by atoms with Gasteiger partial charge >= 0.3 is 0 Å². The van der Waals surface area contributed by atoms with Crippen LogP contribution in [0.1, 0.15) is 44.1 Å². The maximum atomic E-state index is 12.9. The molecule has 1 aromatic rings. The Balaban J connectivity index is 1.50. The molecule has 1 heterocycles. The number of hydrogen-bond acceptors (Lipinski definition) is 4. The standard InChI is InChI=1S/C20H30N2O3S2/c1-16-8-10-19(11-9-16)27(24,25)22-13-4-5-17(15-22)20(23)21-12-14-26-18-6-2-3-7-18/h8-11,17-18H,2-7,12-15H2,1H3,(H,21,23). The summed E-state index contributed by atoms with van der Waals surface area (Å²) < 4.78 is 27.2. The third-order valence-corrected chi connectivity index (χ3v) is 8.73. The van der Waals surface area contributed by atoms with Gasteiger partial charge in [0.15, 0.2) is 0 Å². The van der Waals surface area contributed by atoms with E-state index in [1.165, 1.54) is 30.0 Å². The van der Waals surface area contributed by atoms with Gasteiger partial charge in [-0.05, 0) is 44.7 Å². The van der Waals surface area contributed by atoms with Gasteiger partial charge in [-0.3, -0.25) is 4.79 Å². The van der Waals surface area contributed by atoms with Crippen LogP contribution in [-0.2, 0) is 14.8 Å². The van der Waals surface area contributed by atoms with E-state index in [2.05, 4.69) is 5.32 Å². The van der Waals surface area contributed by atoms with Crippen molar-refractivity contribution in [2.45, 2.75) is 55.6 Å². The Kier molecular flexibility index (Phi) is 7.22. The number of piperidine rings is 1. The molecule has 1 aliphatic heterocycles. The molecule has 150 valence electrons. The SMILES string of the molecule is Cc1ccc(S(=O)(=O)N2CCCC(C(=O)NCCSC3CCCC3)C2)cc1. The summed E-state index contributed by atoms with van der Waals surface area (Å²) >= 11 is 1.95. The molecule has 5 nitrogen and oxygen atoms in total. The van der Waals surface area contributed by atoms with Crippen LogP contribution in [0.15, 0.2) is 29.2 Å². The predicted octanol–water partition coefficient (Wildman–Crippen LogP) is 3.19. The van der Waals surface area contributed by atoms with E-state index in [0.717, 1.165) is 29.4 Å². The zero-order valence-corrected chi connectivity index (χ0v) is 17.7. The molecule has 0 spiro atoms. The number of benzene rings is 1. The molecule has 2 aliphatic rings. The Bertz CT molecular complexity index is 728. The largest absolute Gasteiger partial charge is 0.355 e. The second-order valence-corrected chi connectivity index (χ2v) is 10.9. The second kappa shape index (κ2) is 9.43. The lowest BCUT2D eigenvalue weighted by molar-refractivity contribution is -0.125. The number of nitrogens with one attached hydrogen (secondary N) is 1. The quantitative estimate of drug-likeness (QED) is 0.701. The van der Waals surface area contributed by atoms with Crippen LogP contribution in [0.2, 0.25) is 0 Å². The minimum absolute atomic E-state index is 0.00849. The fourth-order valence-electron chi connectivity index (χ4n) is 3.83. The summed E-state index contributed by atoms with van der Waals surface area (Å²) in [4.78, 5) is 12.8. The minimum Gasteiger partial charge on any atom is -0.355 e. The molecule has 7 heteroatoms. The van der Waals surface area contributed by atoms with Crippen molar-refractivity contribution in [3.05, 3.63) is 29.8 Å². The molecule has 1 aromatic carbocycles. The Morgan fingerprint density at radius 1 is 1.15 bits per heavy atom. The summed E-state index contributed by atoms with van der Waals surface area (Å²) in [5.41, 5.74) is 1.03. The van der Waals surface area contributed by atoms with Gasteiger partial charge in [-0.15, -0.1) is 0 Å². The number of amides is 1. The average molecular weight is 411 g/mol. The van der Waals surface area contributed by atoms with Crippen LogP contribution in [0, 0.1) is 12.8 Å². The summed E-state index contributed by atoms with van der Waals surface area (Å²) in [6.07, 6.45) is 6.73. The predicted molar refractivity (Wildman–Crippen MR) is 110 cm³/mol. The van der Waals surface area contributed by atoms with Crippen molar-refractivity contribution in [3.8, 4) is 0 Å². The summed E-state index contributed by atoms with van der Waals surface area (Å²) in [5.74, 6) is 0.676. The number of hydrogen-bond donors (Lipinski definition) is 1. The highest BCUT2D eigenvalue weighted by atomic mass is 32.2. The first-order valence-corrected chi connectivity index (χ1v) is 12.4. The molecule has 0 aromatic heterocycles. The maximum absolute atomic E-state index is 12.9. The third-order valence-electron chi connectivity index (χ3n) is 5.47. The topological polar surface area (TPSA) is 66.5 Å². The lowest BCUT2D eigenvalue weighted by Gasteiger charge is -2.31. The lowest BCUT2D eigenvalue weighted by atomic mass is 9.99. The molecule has 2 fully saturated rings. The summed E-state index contributed by atoms with van der Waals surface area (Å²) in [6.45, 7) is 3.36. The Hall–Kier alpha value is -1.05. The van der Waals surface area contributed by atoms with Crippen LogP contribution in [0.25, 0.3) is 0 Å². The van der Waals surface area contributed by atoms with Gasteiger partial charge in [-0.2, -0.15) is 16.1 Å². The van der Waals surface area contributed by atoms with Crippen LogP contribution in [0.4, 0.5) is 0 Å². The first kappa shape index (κ1) is 20.7. The van der Waals surface area contributed by atoms with E-state index in [0.29, 0.717) is 18.0 Å². The van der Waals surface area contributed by atoms with E-state index < -0.39 is 10.0 Å². The Morgan fingerprint density at radius 2 is 1.85 bits per heavy atom. The minimum atomic E-state index is -3.53. The molecule has 0 radical (unpaired) electrons. The highest BCUT2D eigenvalue weighted by Crippen LogP contribution is 2.29. The summed E-state index contributed by atoms with van der Waals surface area (Å²) in [6, 6.07) is 6.91. The summed E-state index contributed by atoms with van der Waals surface area (Å²) in [5, 5.41) is 3.77. The van der Waals surface area contributed by atoms with E-state index in [1.54, 1.807) is 12.1 Å². The van der Waals surface area contributed by atoms with Gasteiger partial charge in [0.2, 0.25) is 15.9 Å². The number of thioether (sulfide) groups is 1. The molecule has 1 saturated heterocycles. The van der Waals surface area contributed by atoms with Crippen molar-refractivity contribution in [1.29, 1.82) is 0 Å². The third kappa shape index (κ3) is 5.48. The van der Waals surface area contributed by atoms with Gasteiger partial charge in [-0.1, -0.05) is 30.5 Å². The zero-order valence-electron chi connectivity index (χ0n) is 16.0. The average Bonchev–Trinajstić information content (AvgIpc) is 3.19. The van der Waals surface area contributed by atoms with Crippen LogP contribution in [0.5, 0.6) is 0 Å². The molecule has 1 atom stereocenters. The second-order valence-electron chi connectivity index (χ2n) is 7.58. The van der Waals surface area contributed by atoms with Gasteiger partial charge in [0, 0.05) is 30.6 Å². The first-order valence-electron chi connectivity index (χ1n) is 9.93. The van der Waals surface area contributed by atoms with Crippen LogP contribution in [0.3, 0.4) is 0 Å². The van der Waals surface area contributed by atoms with Gasteiger partial charge in [0.05, 0.1) is 10.8 Å². The van der Waals surface area contributed by atoms with E-state index in [-0.39, 0.29) is 18.4 Å². The number of aryl methyl sites for hydroxylation is 1. The van der Waals surface area contributed by atoms with Crippen molar-refractivity contribution < 1.29 is 13.2 Å². The van der Waals surface area contributed by atoms with Crippen molar-refractivity contribution in [2.75, 3.05) is 25.4 Å². The maximum Gasteiger partial charge on any atom is 0.243 e. The van der Waals surface area contributed by atoms with Crippen LogP contribution < -0.4 is 5.32 Å². The van der Waals surface area contributed by atoms with Crippen molar-refractivity contribution >= 4 is 27.7 Å². The van der Waals surface area contributed by atoms with Crippen LogP contribution in [-0.4, -0.2) is 49.3 Å². The number of carbonyl (C=O) groups is 1. The van der Waals surface area contributed by atoms with Crippen molar-refractivity contribution in [2.24, 2.45) is 5.92 Å². The molecule has 1 saturated carbocycles. The van der Waals surface area contributed by atoms with Crippen molar-refractivity contribution in [1.82, 2.24) is 9.62 Å². The van der Waals surface area contributed by atoms with Gasteiger partial charge < -0.3 is 5.32 Å². The van der Waals surface area contributed by atoms with E-state index >= 15 is 0 Å². The smallest absolute Gasteiger partial charge is 0.243 e. The Labute approximate surface area is 167 Å². The van der Waals surface area contributed by atoms with Gasteiger partial charge in [0.25, 0.3) is 0 Å². The highest BCUT2D eigenvalue weighted by Gasteiger charge is 2.33. The normalized spacial score (nSPS) is 22.0. The highest BCUT2D eigenvalue weighted by molar-refractivity contribution is 7.99. The van der Waals surface area contributed by atoms with Crippen LogP contribution >= 0.6 is 11.8 Å². The molecule has 1 N–H and O–H groups in total. The molecule has 27 heavy (non-hydrogen) atoms. The van der Waals surface area contributed by atoms with Crippen molar-refractivity contribution in [3.63, 3.8) is 0 Å². The molecule has 0 bridgehead atoms. The zero-order chi connectivity index (χ0) is 19.3. The van der Waals surface area contributed by atoms with Gasteiger partial charge in [-0.25, -0.2) is 8.42 Å². The first-order chi connectivity index (χ1) is 13.0. The Morgan fingerprint density at radius 3 is 2.56 bits per heavy atom. The molecular weight excluding hydrogens is 380 g/mol. The number of nitrogens with zero attached hydrogens (tertiary/aromatic N) is 1. The van der Waals surface area contributed by atoms with E-state index in [4.69, 9.17) is 0 Å². The fraction of sp³-hybridized carbons (Fsp3) is 0.650. The molecule has 3 rings (SSSR count). The number of rotatable bonds is 7. The molecular formula is C20H30N2O3S2. The van der Waals surface area contributed by atoms with Gasteiger partial charge in [0.1, 0.15) is 0 Å². The van der Waals surface area contributed by atoms with E-state index in [9.17, 15) is 13.2 Å². The summed E-state index contributed by atoms with van der Waals surface area (Å²) in [7, 11) is -3.53. The molecule has 1 unspecified atom stereocenters.